The van der Waals surface area contributed by atoms with Gasteiger partial charge in [-0.05, 0) is 6.42 Å². The van der Waals surface area contributed by atoms with Crippen molar-refractivity contribution in [2.45, 2.75) is 25.9 Å². The Kier molecular flexibility index (Phi) is 6.91. The molecule has 0 aliphatic carbocycles. The summed E-state index contributed by atoms with van der Waals surface area (Å²) in [7, 11) is 0. The Bertz CT molecular complexity index is 64.6. The average molecular weight is 146 g/mol. The molecule has 0 saturated carbocycles. The van der Waals surface area contributed by atoms with Crippen molar-refractivity contribution >= 4 is 0 Å². The van der Waals surface area contributed by atoms with E-state index in [-0.39, 0.29) is 6.10 Å². The predicted molar refractivity (Wildman–Crippen MR) is 42.8 cm³/mol. The summed E-state index contributed by atoms with van der Waals surface area (Å²) in [6.07, 6.45) is 2.31. The summed E-state index contributed by atoms with van der Waals surface area (Å²) >= 11 is 0. The molecule has 0 saturated heterocycles. The van der Waals surface area contributed by atoms with E-state index in [2.05, 4.69) is 6.92 Å². The maximum absolute atomic E-state index is 5.36. The molecule has 0 aliphatic rings. The highest BCUT2D eigenvalue weighted by Gasteiger charge is 2.01. The van der Waals surface area contributed by atoms with Crippen LogP contribution in [0.1, 0.15) is 19.8 Å². The van der Waals surface area contributed by atoms with E-state index in [1.807, 2.05) is 0 Å². The maximum atomic E-state index is 5.36. The second-order valence-electron chi connectivity index (χ2n) is 2.32. The first-order valence-corrected chi connectivity index (χ1v) is 3.86. The molecule has 62 valence electrons. The highest BCUT2D eigenvalue weighted by atomic mass is 16.5. The third-order valence-corrected chi connectivity index (χ3v) is 1.38. The number of rotatable bonds is 6. The monoisotopic (exact) mass is 146 g/mol. The lowest BCUT2D eigenvalue weighted by molar-refractivity contribution is 0.0630. The van der Waals surface area contributed by atoms with Gasteiger partial charge < -0.3 is 16.2 Å². The van der Waals surface area contributed by atoms with Gasteiger partial charge in [0, 0.05) is 19.7 Å². The summed E-state index contributed by atoms with van der Waals surface area (Å²) < 4.78 is 5.33. The molecule has 0 heterocycles. The Morgan fingerprint density at radius 3 is 2.30 bits per heavy atom. The Hall–Kier alpha value is -0.120. The van der Waals surface area contributed by atoms with Crippen LogP contribution in [0.25, 0.3) is 0 Å². The zero-order chi connectivity index (χ0) is 7.82. The van der Waals surface area contributed by atoms with Crippen LogP contribution in [-0.4, -0.2) is 25.8 Å². The second-order valence-corrected chi connectivity index (χ2v) is 2.32. The van der Waals surface area contributed by atoms with Crippen molar-refractivity contribution in [2.24, 2.45) is 11.5 Å². The van der Waals surface area contributed by atoms with Gasteiger partial charge in [0.2, 0.25) is 0 Å². The highest BCUT2D eigenvalue weighted by molar-refractivity contribution is 4.57. The van der Waals surface area contributed by atoms with Gasteiger partial charge in [-0.15, -0.1) is 0 Å². The molecule has 0 fully saturated rings. The van der Waals surface area contributed by atoms with Crippen molar-refractivity contribution in [2.75, 3.05) is 19.7 Å². The summed E-state index contributed by atoms with van der Waals surface area (Å²) in [5, 5.41) is 0. The molecule has 0 bridgehead atoms. The molecule has 0 aromatic heterocycles. The topological polar surface area (TPSA) is 61.3 Å². The highest BCUT2D eigenvalue weighted by Crippen LogP contribution is 1.91. The summed E-state index contributed by atoms with van der Waals surface area (Å²) in [6.45, 7) is 3.97. The van der Waals surface area contributed by atoms with Crippen LogP contribution in [0, 0.1) is 0 Å². The Morgan fingerprint density at radius 1 is 1.30 bits per heavy atom. The molecule has 0 radical (unpaired) electrons. The first-order valence-electron chi connectivity index (χ1n) is 3.86. The number of hydrogen-bond acceptors (Lipinski definition) is 3. The van der Waals surface area contributed by atoms with Gasteiger partial charge in [-0.25, -0.2) is 0 Å². The largest absolute Gasteiger partial charge is 0.376 e. The molecule has 3 heteroatoms. The molecule has 0 aromatic rings. The number of ether oxygens (including phenoxy) is 1. The van der Waals surface area contributed by atoms with E-state index in [0.717, 1.165) is 19.4 Å². The fourth-order valence-electron chi connectivity index (χ4n) is 0.627. The molecule has 0 atom stereocenters. The molecule has 0 amide bonds. The second kappa shape index (κ2) is 6.99. The van der Waals surface area contributed by atoms with Crippen LogP contribution in [0.5, 0.6) is 0 Å². The van der Waals surface area contributed by atoms with Gasteiger partial charge in [0.05, 0.1) is 6.10 Å². The fourth-order valence-corrected chi connectivity index (χ4v) is 0.627. The smallest absolute Gasteiger partial charge is 0.0819 e. The minimum Gasteiger partial charge on any atom is -0.376 e. The summed E-state index contributed by atoms with van der Waals surface area (Å²) in [6, 6.07) is 0. The van der Waals surface area contributed by atoms with Gasteiger partial charge in [-0.2, -0.15) is 0 Å². The zero-order valence-corrected chi connectivity index (χ0v) is 6.68. The summed E-state index contributed by atoms with van der Waals surface area (Å²) in [4.78, 5) is 0. The molecule has 10 heavy (non-hydrogen) atoms. The lowest BCUT2D eigenvalue weighted by Gasteiger charge is -2.12. The van der Waals surface area contributed by atoms with E-state index in [0.29, 0.717) is 13.1 Å². The average Bonchev–Trinajstić information content (AvgIpc) is 1.99. The van der Waals surface area contributed by atoms with Crippen LogP contribution in [-0.2, 0) is 4.74 Å². The van der Waals surface area contributed by atoms with Crippen molar-refractivity contribution in [3.8, 4) is 0 Å². The normalized spacial score (nSPS) is 10.8. The summed E-state index contributed by atoms with van der Waals surface area (Å²) in [5.74, 6) is 0. The van der Waals surface area contributed by atoms with Crippen LogP contribution in [0.3, 0.4) is 0 Å². The predicted octanol–water partition coefficient (Wildman–Crippen LogP) is 0.0891. The van der Waals surface area contributed by atoms with Gasteiger partial charge in [0.15, 0.2) is 0 Å². The minimum absolute atomic E-state index is 0.0616. The molecular weight excluding hydrogens is 128 g/mol. The van der Waals surface area contributed by atoms with E-state index in [9.17, 15) is 0 Å². The molecular formula is C7H18N2O. The third-order valence-electron chi connectivity index (χ3n) is 1.38. The molecule has 3 nitrogen and oxygen atoms in total. The molecule has 0 unspecified atom stereocenters. The molecule has 0 aromatic carbocycles. The first-order chi connectivity index (χ1) is 4.85. The Morgan fingerprint density at radius 2 is 1.90 bits per heavy atom. The van der Waals surface area contributed by atoms with Crippen molar-refractivity contribution < 1.29 is 4.74 Å². The van der Waals surface area contributed by atoms with Crippen LogP contribution < -0.4 is 11.5 Å². The lowest BCUT2D eigenvalue weighted by Crippen LogP contribution is -2.31. The molecule has 0 aliphatic heterocycles. The Balaban J connectivity index is 3.09. The molecule has 4 N–H and O–H groups in total. The minimum atomic E-state index is 0.0616. The van der Waals surface area contributed by atoms with Crippen LogP contribution >= 0.6 is 0 Å². The number of nitrogens with two attached hydrogens (primary N) is 2. The van der Waals surface area contributed by atoms with Crippen molar-refractivity contribution in [3.63, 3.8) is 0 Å². The van der Waals surface area contributed by atoms with E-state index in [1.165, 1.54) is 0 Å². The van der Waals surface area contributed by atoms with Crippen molar-refractivity contribution in [1.82, 2.24) is 0 Å². The fraction of sp³-hybridized carbons (Fsp3) is 1.00. The molecule has 0 spiro atoms. The quantitative estimate of drug-likeness (QED) is 0.522. The third kappa shape index (κ3) is 4.73. The molecule has 0 rings (SSSR count). The van der Waals surface area contributed by atoms with Gasteiger partial charge in [0.1, 0.15) is 0 Å². The van der Waals surface area contributed by atoms with E-state index in [4.69, 9.17) is 16.2 Å². The van der Waals surface area contributed by atoms with E-state index in [1.54, 1.807) is 0 Å². The standard InChI is InChI=1S/C7H18N2O/c1-2-3-4-10-7(5-8)6-9/h7H,2-6,8-9H2,1H3. The van der Waals surface area contributed by atoms with Gasteiger partial charge in [0.25, 0.3) is 0 Å². The summed E-state index contributed by atoms with van der Waals surface area (Å²) in [5.41, 5.74) is 10.7. The van der Waals surface area contributed by atoms with Crippen LogP contribution in [0.2, 0.25) is 0 Å². The maximum Gasteiger partial charge on any atom is 0.0819 e. The van der Waals surface area contributed by atoms with Gasteiger partial charge in [-0.3, -0.25) is 0 Å². The van der Waals surface area contributed by atoms with E-state index < -0.39 is 0 Å². The van der Waals surface area contributed by atoms with Crippen LogP contribution in [0.4, 0.5) is 0 Å². The van der Waals surface area contributed by atoms with Crippen molar-refractivity contribution in [1.29, 1.82) is 0 Å². The zero-order valence-electron chi connectivity index (χ0n) is 6.68. The van der Waals surface area contributed by atoms with Gasteiger partial charge in [-0.1, -0.05) is 13.3 Å². The Labute approximate surface area is 62.7 Å². The first kappa shape index (κ1) is 9.88. The van der Waals surface area contributed by atoms with Gasteiger partial charge >= 0.3 is 0 Å². The number of hydrogen-bond donors (Lipinski definition) is 2. The number of unbranched alkanes of at least 4 members (excludes halogenated alkanes) is 1. The van der Waals surface area contributed by atoms with Crippen LogP contribution in [0.15, 0.2) is 0 Å². The lowest BCUT2D eigenvalue weighted by atomic mass is 10.3. The van der Waals surface area contributed by atoms with Crippen molar-refractivity contribution in [3.05, 3.63) is 0 Å². The SMILES string of the molecule is CCCCOC(CN)CN. The van der Waals surface area contributed by atoms with E-state index >= 15 is 0 Å².